The predicted octanol–water partition coefficient (Wildman–Crippen LogP) is 4.89. The number of hydrogen-bond acceptors (Lipinski definition) is 2. The van der Waals surface area contributed by atoms with Crippen LogP contribution in [0.3, 0.4) is 0 Å². The summed E-state index contributed by atoms with van der Waals surface area (Å²) < 4.78 is 0. The van der Waals surface area contributed by atoms with Gasteiger partial charge in [-0.25, -0.2) is 0 Å². The summed E-state index contributed by atoms with van der Waals surface area (Å²) in [5.41, 5.74) is 3.39. The lowest BCUT2D eigenvalue weighted by Gasteiger charge is -2.59. The number of benzene rings is 1. The molecule has 2 aliphatic carbocycles. The largest absolute Gasteiger partial charge is 0.508 e. The van der Waals surface area contributed by atoms with Crippen molar-refractivity contribution in [2.24, 2.45) is 11.8 Å². The van der Waals surface area contributed by atoms with E-state index in [1.807, 2.05) is 6.07 Å². The maximum atomic E-state index is 10.1. The summed E-state index contributed by atoms with van der Waals surface area (Å²) in [6.45, 7) is 7.25. The Bertz CT molecular complexity index is 598. The van der Waals surface area contributed by atoms with Gasteiger partial charge in [0.25, 0.3) is 0 Å². The van der Waals surface area contributed by atoms with Crippen LogP contribution < -0.4 is 0 Å². The van der Waals surface area contributed by atoms with Crippen molar-refractivity contribution < 1.29 is 5.11 Å². The molecule has 2 heteroatoms. The van der Waals surface area contributed by atoms with Gasteiger partial charge in [-0.3, -0.25) is 4.90 Å². The molecule has 1 aliphatic heterocycles. The minimum absolute atomic E-state index is 0.363. The third-order valence-electron chi connectivity index (χ3n) is 7.54. The van der Waals surface area contributed by atoms with Gasteiger partial charge in [-0.2, -0.15) is 0 Å². The second kappa shape index (κ2) is 6.37. The summed E-state index contributed by atoms with van der Waals surface area (Å²) in [7, 11) is 0. The van der Waals surface area contributed by atoms with E-state index in [1.165, 1.54) is 75.6 Å². The van der Waals surface area contributed by atoms with Gasteiger partial charge in [0.1, 0.15) is 5.75 Å². The summed E-state index contributed by atoms with van der Waals surface area (Å²) in [6, 6.07) is 6.96. The highest BCUT2D eigenvalue weighted by molar-refractivity contribution is 5.45. The molecule has 2 nitrogen and oxygen atoms in total. The minimum atomic E-state index is 0.363. The first kappa shape index (κ1) is 16.4. The number of phenols is 1. The SMILES string of the molecule is CCC(C)CCN1CC[C@]23CCCC[C@H]2[C@@H]1Cc1ccc(O)cc13. The fraction of sp³-hybridized carbons (Fsp3) is 0.727. The van der Waals surface area contributed by atoms with Crippen LogP contribution in [0.4, 0.5) is 0 Å². The minimum Gasteiger partial charge on any atom is -0.508 e. The molecule has 24 heavy (non-hydrogen) atoms. The maximum Gasteiger partial charge on any atom is 0.115 e. The van der Waals surface area contributed by atoms with Gasteiger partial charge < -0.3 is 5.11 Å². The Morgan fingerprint density at radius 3 is 3.00 bits per heavy atom. The number of hydrogen-bond donors (Lipinski definition) is 1. The molecule has 1 saturated carbocycles. The van der Waals surface area contributed by atoms with Crippen LogP contribution in [0.1, 0.15) is 69.9 Å². The molecule has 4 rings (SSSR count). The van der Waals surface area contributed by atoms with Crippen LogP contribution in [0.2, 0.25) is 0 Å². The van der Waals surface area contributed by atoms with Gasteiger partial charge in [0.15, 0.2) is 0 Å². The molecule has 1 heterocycles. The number of aromatic hydroxyl groups is 1. The second-order valence-electron chi connectivity index (χ2n) is 8.71. The van der Waals surface area contributed by atoms with Crippen molar-refractivity contribution in [3.63, 3.8) is 0 Å². The molecular formula is C22H33NO. The lowest BCUT2D eigenvalue weighted by atomic mass is 9.52. The summed E-state index contributed by atoms with van der Waals surface area (Å²) in [6.07, 6.45) is 10.6. The molecule has 1 saturated heterocycles. The zero-order chi connectivity index (χ0) is 16.7. The molecule has 0 aromatic heterocycles. The van der Waals surface area contributed by atoms with E-state index in [1.54, 1.807) is 0 Å². The summed E-state index contributed by atoms with van der Waals surface area (Å²) in [5, 5.41) is 10.1. The Morgan fingerprint density at radius 1 is 1.29 bits per heavy atom. The average molecular weight is 328 g/mol. The fourth-order valence-corrected chi connectivity index (χ4v) is 5.94. The van der Waals surface area contributed by atoms with E-state index in [0.717, 1.165) is 17.9 Å². The van der Waals surface area contributed by atoms with E-state index < -0.39 is 0 Å². The predicted molar refractivity (Wildman–Crippen MR) is 99.5 cm³/mol. The lowest BCUT2D eigenvalue weighted by molar-refractivity contribution is -0.0134. The zero-order valence-electron chi connectivity index (χ0n) is 15.4. The van der Waals surface area contributed by atoms with Crippen LogP contribution in [0, 0.1) is 11.8 Å². The number of rotatable bonds is 4. The maximum absolute atomic E-state index is 10.1. The third kappa shape index (κ3) is 2.58. The number of piperidine rings is 1. The van der Waals surface area contributed by atoms with Crippen molar-refractivity contribution in [2.75, 3.05) is 13.1 Å². The van der Waals surface area contributed by atoms with Gasteiger partial charge in [0.2, 0.25) is 0 Å². The van der Waals surface area contributed by atoms with Crippen LogP contribution in [0.5, 0.6) is 5.75 Å². The number of likely N-dealkylation sites (tertiary alicyclic amines) is 1. The first-order chi connectivity index (χ1) is 11.6. The molecule has 1 aromatic rings. The van der Waals surface area contributed by atoms with E-state index >= 15 is 0 Å². The van der Waals surface area contributed by atoms with E-state index in [4.69, 9.17) is 0 Å². The fourth-order valence-electron chi connectivity index (χ4n) is 5.94. The Labute approximate surface area is 147 Å². The van der Waals surface area contributed by atoms with Gasteiger partial charge in [0, 0.05) is 11.5 Å². The van der Waals surface area contributed by atoms with Gasteiger partial charge in [0.05, 0.1) is 0 Å². The Morgan fingerprint density at radius 2 is 2.17 bits per heavy atom. The molecule has 2 fully saturated rings. The van der Waals surface area contributed by atoms with Crippen LogP contribution in [-0.2, 0) is 11.8 Å². The Balaban J connectivity index is 1.66. The lowest BCUT2D eigenvalue weighted by Crippen LogP contribution is -2.61. The van der Waals surface area contributed by atoms with Gasteiger partial charge in [-0.05, 0) is 80.3 Å². The van der Waals surface area contributed by atoms with Crippen molar-refractivity contribution in [1.29, 1.82) is 0 Å². The summed E-state index contributed by atoms with van der Waals surface area (Å²) in [4.78, 5) is 2.83. The molecule has 4 atom stereocenters. The molecule has 1 aromatic carbocycles. The smallest absolute Gasteiger partial charge is 0.115 e. The molecule has 132 valence electrons. The third-order valence-corrected chi connectivity index (χ3v) is 7.54. The number of fused-ring (bicyclic) bond motifs is 1. The molecule has 0 radical (unpaired) electrons. The van der Waals surface area contributed by atoms with E-state index in [0.29, 0.717) is 11.2 Å². The highest BCUT2D eigenvalue weighted by Gasteiger charge is 2.53. The standard InChI is InChI=1S/C22H33NO/c1-3-16(2)9-12-23-13-11-22-10-5-4-6-19(22)21(23)14-17-7-8-18(24)15-20(17)22/h7-8,15-16,19,21,24H,3-6,9-14H2,1-2H3/t16?,19-,21-,22+/m0/s1. The van der Waals surface area contributed by atoms with Gasteiger partial charge in [-0.15, -0.1) is 0 Å². The van der Waals surface area contributed by atoms with Crippen LogP contribution >= 0.6 is 0 Å². The molecule has 0 spiro atoms. The Hall–Kier alpha value is -1.02. The monoisotopic (exact) mass is 327 g/mol. The van der Waals surface area contributed by atoms with E-state index in [-0.39, 0.29) is 0 Å². The Kier molecular flexibility index (Phi) is 4.36. The van der Waals surface area contributed by atoms with Crippen molar-refractivity contribution in [2.45, 2.75) is 76.7 Å². The summed E-state index contributed by atoms with van der Waals surface area (Å²) >= 11 is 0. The van der Waals surface area contributed by atoms with Crippen LogP contribution in [0.15, 0.2) is 18.2 Å². The van der Waals surface area contributed by atoms with Gasteiger partial charge >= 0.3 is 0 Å². The van der Waals surface area contributed by atoms with Gasteiger partial charge in [-0.1, -0.05) is 39.2 Å². The molecule has 3 aliphatic rings. The van der Waals surface area contributed by atoms with Crippen LogP contribution in [-0.4, -0.2) is 29.1 Å². The molecule has 0 amide bonds. The van der Waals surface area contributed by atoms with E-state index in [2.05, 4.69) is 30.9 Å². The molecular weight excluding hydrogens is 294 g/mol. The van der Waals surface area contributed by atoms with Crippen molar-refractivity contribution >= 4 is 0 Å². The molecule has 1 unspecified atom stereocenters. The normalized spacial score (nSPS) is 33.6. The average Bonchev–Trinajstić information content (AvgIpc) is 2.61. The topological polar surface area (TPSA) is 23.5 Å². The van der Waals surface area contributed by atoms with Crippen LogP contribution in [0.25, 0.3) is 0 Å². The second-order valence-corrected chi connectivity index (χ2v) is 8.71. The van der Waals surface area contributed by atoms with Crippen molar-refractivity contribution in [3.05, 3.63) is 29.3 Å². The number of phenolic OH excluding ortho intramolecular Hbond substituents is 1. The quantitative estimate of drug-likeness (QED) is 0.851. The summed E-state index contributed by atoms with van der Waals surface area (Å²) in [5.74, 6) is 2.12. The first-order valence-electron chi connectivity index (χ1n) is 10.2. The van der Waals surface area contributed by atoms with Crippen molar-refractivity contribution in [3.8, 4) is 5.75 Å². The first-order valence-corrected chi connectivity index (χ1v) is 10.2. The molecule has 2 bridgehead atoms. The highest BCUT2D eigenvalue weighted by atomic mass is 16.3. The van der Waals surface area contributed by atoms with Crippen molar-refractivity contribution in [1.82, 2.24) is 4.90 Å². The zero-order valence-corrected chi connectivity index (χ0v) is 15.4. The van der Waals surface area contributed by atoms with E-state index in [9.17, 15) is 5.11 Å². The molecule has 1 N–H and O–H groups in total. The number of nitrogens with zero attached hydrogens (tertiary/aromatic N) is 1. The highest BCUT2D eigenvalue weighted by Crippen LogP contribution is 2.56.